The monoisotopic (exact) mass is 163 g/mol. The van der Waals surface area contributed by atoms with Gasteiger partial charge in [-0.25, -0.2) is 0 Å². The van der Waals surface area contributed by atoms with E-state index in [2.05, 4.69) is 11.1 Å². The normalized spacial score (nSPS) is 21.9. The van der Waals surface area contributed by atoms with Crippen LogP contribution in [0.5, 0.6) is 0 Å². The van der Waals surface area contributed by atoms with Crippen LogP contribution in [0.15, 0.2) is 18.3 Å². The van der Waals surface area contributed by atoms with Crippen molar-refractivity contribution < 1.29 is 5.11 Å². The summed E-state index contributed by atoms with van der Waals surface area (Å²) in [6.07, 6.45) is 4.97. The third-order valence-electron chi connectivity index (χ3n) is 2.55. The van der Waals surface area contributed by atoms with Crippen LogP contribution in [0.25, 0.3) is 0 Å². The lowest BCUT2D eigenvalue weighted by molar-refractivity contribution is 0.212. The second kappa shape index (κ2) is 3.23. The molecule has 2 rings (SSSR count). The SMILES string of the molecule is OCC1CCc2cccnc2C1. The molecule has 1 aliphatic rings. The van der Waals surface area contributed by atoms with E-state index in [-0.39, 0.29) is 0 Å². The van der Waals surface area contributed by atoms with E-state index in [9.17, 15) is 0 Å². The van der Waals surface area contributed by atoms with Gasteiger partial charge < -0.3 is 5.11 Å². The van der Waals surface area contributed by atoms with Crippen LogP contribution in [-0.2, 0) is 12.8 Å². The third kappa shape index (κ3) is 1.34. The summed E-state index contributed by atoms with van der Waals surface area (Å²) >= 11 is 0. The van der Waals surface area contributed by atoms with Gasteiger partial charge in [-0.1, -0.05) is 6.07 Å². The minimum atomic E-state index is 0.302. The van der Waals surface area contributed by atoms with Gasteiger partial charge >= 0.3 is 0 Å². The fraction of sp³-hybridized carbons (Fsp3) is 0.500. The maximum Gasteiger partial charge on any atom is 0.0463 e. The molecule has 0 saturated carbocycles. The van der Waals surface area contributed by atoms with E-state index in [0.717, 1.165) is 19.3 Å². The van der Waals surface area contributed by atoms with Crippen molar-refractivity contribution >= 4 is 0 Å². The zero-order valence-corrected chi connectivity index (χ0v) is 7.03. The predicted molar refractivity (Wildman–Crippen MR) is 46.8 cm³/mol. The largest absolute Gasteiger partial charge is 0.396 e. The van der Waals surface area contributed by atoms with Gasteiger partial charge in [-0.05, 0) is 36.8 Å². The summed E-state index contributed by atoms with van der Waals surface area (Å²) in [6.45, 7) is 0.302. The second-order valence-corrected chi connectivity index (χ2v) is 3.40. The Labute approximate surface area is 72.3 Å². The molecule has 1 unspecified atom stereocenters. The molecule has 1 N–H and O–H groups in total. The standard InChI is InChI=1S/C10H13NO/c12-7-8-3-4-9-2-1-5-11-10(9)6-8/h1-2,5,8,12H,3-4,6-7H2. The number of nitrogens with zero attached hydrogens (tertiary/aromatic N) is 1. The number of pyridine rings is 1. The molecule has 1 aromatic heterocycles. The number of aryl methyl sites for hydroxylation is 1. The Morgan fingerprint density at radius 1 is 1.58 bits per heavy atom. The molecule has 0 aromatic carbocycles. The van der Waals surface area contributed by atoms with Crippen molar-refractivity contribution in [2.75, 3.05) is 6.61 Å². The first-order chi connectivity index (χ1) is 5.90. The van der Waals surface area contributed by atoms with Crippen LogP contribution in [0.2, 0.25) is 0 Å². The van der Waals surface area contributed by atoms with Gasteiger partial charge in [-0.15, -0.1) is 0 Å². The smallest absolute Gasteiger partial charge is 0.0463 e. The highest BCUT2D eigenvalue weighted by Crippen LogP contribution is 2.22. The van der Waals surface area contributed by atoms with E-state index in [1.54, 1.807) is 0 Å². The zero-order valence-electron chi connectivity index (χ0n) is 7.03. The summed E-state index contributed by atoms with van der Waals surface area (Å²) in [6, 6.07) is 4.12. The number of fused-ring (bicyclic) bond motifs is 1. The maximum absolute atomic E-state index is 8.99. The molecular weight excluding hydrogens is 150 g/mol. The molecule has 2 nitrogen and oxygen atoms in total. The summed E-state index contributed by atoms with van der Waals surface area (Å²) < 4.78 is 0. The number of aliphatic hydroxyl groups excluding tert-OH is 1. The molecular formula is C10H13NO. The Morgan fingerprint density at radius 3 is 3.33 bits per heavy atom. The van der Waals surface area contributed by atoms with Crippen molar-refractivity contribution in [3.63, 3.8) is 0 Å². The Hall–Kier alpha value is -0.890. The van der Waals surface area contributed by atoms with Gasteiger partial charge in [0.2, 0.25) is 0 Å². The second-order valence-electron chi connectivity index (χ2n) is 3.40. The van der Waals surface area contributed by atoms with Crippen LogP contribution < -0.4 is 0 Å². The van der Waals surface area contributed by atoms with E-state index < -0.39 is 0 Å². The molecule has 1 heterocycles. The van der Waals surface area contributed by atoms with Crippen molar-refractivity contribution in [1.82, 2.24) is 4.98 Å². The maximum atomic E-state index is 8.99. The van der Waals surface area contributed by atoms with Crippen molar-refractivity contribution in [1.29, 1.82) is 0 Å². The van der Waals surface area contributed by atoms with Crippen molar-refractivity contribution in [2.24, 2.45) is 5.92 Å². The minimum Gasteiger partial charge on any atom is -0.396 e. The molecule has 2 heteroatoms. The highest BCUT2D eigenvalue weighted by atomic mass is 16.3. The van der Waals surface area contributed by atoms with E-state index in [1.165, 1.54) is 11.3 Å². The lowest BCUT2D eigenvalue weighted by Crippen LogP contribution is -2.18. The van der Waals surface area contributed by atoms with E-state index in [1.807, 2.05) is 12.3 Å². The summed E-state index contributed by atoms with van der Waals surface area (Å²) in [5, 5.41) is 8.99. The zero-order chi connectivity index (χ0) is 8.39. The highest BCUT2D eigenvalue weighted by Gasteiger charge is 2.17. The number of hydrogen-bond acceptors (Lipinski definition) is 2. The first-order valence-electron chi connectivity index (χ1n) is 4.44. The van der Waals surface area contributed by atoms with Gasteiger partial charge in [0.25, 0.3) is 0 Å². The van der Waals surface area contributed by atoms with Gasteiger partial charge in [0.1, 0.15) is 0 Å². The van der Waals surface area contributed by atoms with Crippen LogP contribution >= 0.6 is 0 Å². The molecule has 0 saturated heterocycles. The summed E-state index contributed by atoms with van der Waals surface area (Å²) in [5.74, 6) is 0.437. The first-order valence-corrected chi connectivity index (χ1v) is 4.44. The summed E-state index contributed by atoms with van der Waals surface area (Å²) in [4.78, 5) is 4.31. The van der Waals surface area contributed by atoms with Crippen LogP contribution in [0.3, 0.4) is 0 Å². The Morgan fingerprint density at radius 2 is 2.50 bits per heavy atom. The number of hydrogen-bond donors (Lipinski definition) is 1. The number of rotatable bonds is 1. The van der Waals surface area contributed by atoms with E-state index in [0.29, 0.717) is 12.5 Å². The van der Waals surface area contributed by atoms with Gasteiger partial charge in [0, 0.05) is 18.5 Å². The summed E-state index contributed by atoms with van der Waals surface area (Å²) in [7, 11) is 0. The third-order valence-corrected chi connectivity index (χ3v) is 2.55. The molecule has 64 valence electrons. The Bertz CT molecular complexity index is 272. The lowest BCUT2D eigenvalue weighted by Gasteiger charge is -2.21. The van der Waals surface area contributed by atoms with Crippen LogP contribution in [0, 0.1) is 5.92 Å². The minimum absolute atomic E-state index is 0.302. The van der Waals surface area contributed by atoms with Crippen molar-refractivity contribution in [3.05, 3.63) is 29.6 Å². The van der Waals surface area contributed by atoms with Crippen molar-refractivity contribution in [3.8, 4) is 0 Å². The number of aromatic nitrogens is 1. The van der Waals surface area contributed by atoms with E-state index in [4.69, 9.17) is 5.11 Å². The van der Waals surface area contributed by atoms with Gasteiger partial charge in [-0.3, -0.25) is 4.98 Å². The molecule has 0 bridgehead atoms. The topological polar surface area (TPSA) is 33.1 Å². The molecule has 0 aliphatic heterocycles. The molecule has 1 atom stereocenters. The molecule has 0 amide bonds. The number of aliphatic hydroxyl groups is 1. The quantitative estimate of drug-likeness (QED) is 0.674. The summed E-state index contributed by atoms with van der Waals surface area (Å²) in [5.41, 5.74) is 2.55. The molecule has 0 fully saturated rings. The van der Waals surface area contributed by atoms with Crippen LogP contribution in [0.1, 0.15) is 17.7 Å². The van der Waals surface area contributed by atoms with Crippen LogP contribution in [0.4, 0.5) is 0 Å². The van der Waals surface area contributed by atoms with Gasteiger partial charge in [-0.2, -0.15) is 0 Å². The average molecular weight is 163 g/mol. The fourth-order valence-corrected chi connectivity index (χ4v) is 1.77. The predicted octanol–water partition coefficient (Wildman–Crippen LogP) is 1.18. The van der Waals surface area contributed by atoms with Gasteiger partial charge in [0.05, 0.1) is 0 Å². The highest BCUT2D eigenvalue weighted by molar-refractivity contribution is 5.22. The van der Waals surface area contributed by atoms with Crippen LogP contribution in [-0.4, -0.2) is 16.7 Å². The molecule has 1 aromatic rings. The average Bonchev–Trinajstić information content (AvgIpc) is 2.17. The van der Waals surface area contributed by atoms with Crippen molar-refractivity contribution in [2.45, 2.75) is 19.3 Å². The fourth-order valence-electron chi connectivity index (χ4n) is 1.77. The Kier molecular flexibility index (Phi) is 2.09. The first kappa shape index (κ1) is 7.74. The Balaban J connectivity index is 2.23. The van der Waals surface area contributed by atoms with Gasteiger partial charge in [0.15, 0.2) is 0 Å². The molecule has 0 spiro atoms. The molecule has 12 heavy (non-hydrogen) atoms. The van der Waals surface area contributed by atoms with E-state index >= 15 is 0 Å². The lowest BCUT2D eigenvalue weighted by atomic mass is 9.87. The molecule has 0 radical (unpaired) electrons. The molecule has 1 aliphatic carbocycles.